The molecule has 2 saturated heterocycles. The summed E-state index contributed by atoms with van der Waals surface area (Å²) in [6.45, 7) is 5.81. The van der Waals surface area contributed by atoms with Gasteiger partial charge in [-0.05, 0) is 25.8 Å². The van der Waals surface area contributed by atoms with Crippen LogP contribution in [0.1, 0.15) is 19.8 Å². The first-order chi connectivity index (χ1) is 10.4. The molecule has 1 saturated carbocycles. The highest BCUT2D eigenvalue weighted by molar-refractivity contribution is 6.07. The minimum atomic E-state index is -0.737. The van der Waals surface area contributed by atoms with Crippen molar-refractivity contribution in [2.45, 2.75) is 25.3 Å². The average Bonchev–Trinajstić information content (AvgIpc) is 2.44. The van der Waals surface area contributed by atoms with E-state index in [1.54, 1.807) is 14.1 Å². The molecule has 118 valence electrons. The number of hydrogen-bond donors (Lipinski definition) is 1. The van der Waals surface area contributed by atoms with Crippen molar-refractivity contribution < 1.29 is 14.4 Å². The van der Waals surface area contributed by atoms with E-state index in [1.807, 2.05) is 30.1 Å². The number of imide groups is 1. The molecule has 2 heterocycles. The van der Waals surface area contributed by atoms with Crippen LogP contribution in [0.15, 0.2) is 36.2 Å². The Bertz CT molecular complexity index is 585. The van der Waals surface area contributed by atoms with Gasteiger partial charge in [-0.2, -0.15) is 0 Å². The maximum Gasteiger partial charge on any atom is 0.252 e. The van der Waals surface area contributed by atoms with Gasteiger partial charge in [-0.1, -0.05) is 18.7 Å². The Balaban J connectivity index is 2.33. The summed E-state index contributed by atoms with van der Waals surface area (Å²) in [6.07, 6.45) is 7.17. The van der Waals surface area contributed by atoms with Gasteiger partial charge in [0.05, 0.1) is 11.4 Å². The van der Waals surface area contributed by atoms with Crippen molar-refractivity contribution in [3.05, 3.63) is 36.2 Å². The van der Waals surface area contributed by atoms with Gasteiger partial charge in [0.15, 0.2) is 0 Å². The normalized spacial score (nSPS) is 27.2. The van der Waals surface area contributed by atoms with E-state index in [1.165, 1.54) is 4.90 Å². The molecule has 1 aliphatic carbocycles. The van der Waals surface area contributed by atoms with Crippen molar-refractivity contribution in [2.75, 3.05) is 14.1 Å². The molecule has 0 atom stereocenters. The smallest absolute Gasteiger partial charge is 0.252 e. The lowest BCUT2D eigenvalue weighted by Crippen LogP contribution is -2.72. The third-order valence-electron chi connectivity index (χ3n) is 4.53. The first kappa shape index (κ1) is 16.0. The topological polar surface area (TPSA) is 69.7 Å². The molecule has 0 aromatic heterocycles. The number of hydrogen-bond acceptors (Lipinski definition) is 4. The lowest BCUT2D eigenvalue weighted by Gasteiger charge is -2.55. The van der Waals surface area contributed by atoms with E-state index in [2.05, 4.69) is 11.9 Å². The summed E-state index contributed by atoms with van der Waals surface area (Å²) in [7, 11) is 3.41. The van der Waals surface area contributed by atoms with Crippen molar-refractivity contribution in [3.8, 4) is 0 Å². The molecule has 0 spiro atoms. The summed E-state index contributed by atoms with van der Waals surface area (Å²) in [5.41, 5.74) is 0.437. The number of piperidine rings is 2. The largest absolute Gasteiger partial charge is 0.358 e. The SMILES string of the molecule is C=C(/C(=C\C=C/C)N(C)C12CC(C1)C(=O)NC2=O)N(C)C=O. The second-order valence-corrected chi connectivity index (χ2v) is 5.75. The molecule has 6 nitrogen and oxygen atoms in total. The average molecular weight is 303 g/mol. The van der Waals surface area contributed by atoms with E-state index in [0.717, 1.165) is 0 Å². The summed E-state index contributed by atoms with van der Waals surface area (Å²) >= 11 is 0. The molecule has 6 heteroatoms. The highest BCUT2D eigenvalue weighted by Gasteiger charge is 2.60. The zero-order valence-electron chi connectivity index (χ0n) is 13.1. The fourth-order valence-electron chi connectivity index (χ4n) is 2.95. The summed E-state index contributed by atoms with van der Waals surface area (Å²) < 4.78 is 0. The predicted molar refractivity (Wildman–Crippen MR) is 82.2 cm³/mol. The quantitative estimate of drug-likeness (QED) is 0.447. The molecule has 1 N–H and O–H groups in total. The minimum absolute atomic E-state index is 0.111. The second kappa shape index (κ2) is 5.79. The first-order valence-electron chi connectivity index (χ1n) is 7.17. The van der Waals surface area contributed by atoms with E-state index in [9.17, 15) is 14.4 Å². The first-order valence-corrected chi connectivity index (χ1v) is 7.17. The van der Waals surface area contributed by atoms with Crippen LogP contribution in [0.3, 0.4) is 0 Å². The number of nitrogens with zero attached hydrogens (tertiary/aromatic N) is 2. The van der Waals surface area contributed by atoms with Crippen LogP contribution in [-0.2, 0) is 14.4 Å². The number of amides is 3. The van der Waals surface area contributed by atoms with Crippen molar-refractivity contribution in [2.24, 2.45) is 5.92 Å². The van der Waals surface area contributed by atoms with Gasteiger partial charge in [0.2, 0.25) is 12.3 Å². The highest BCUT2D eigenvalue weighted by Crippen LogP contribution is 2.47. The molecule has 3 amide bonds. The molecule has 3 aliphatic rings. The standard InChI is InChI=1S/C16H21N3O3/c1-5-6-7-13(11(2)18(3)10-20)19(4)16-8-12(9-16)14(21)17-15(16)22/h5-7,10,12H,2,8-9H2,1,3-4H3,(H,17,21,22)/b6-5-,13-7+. The molecule has 22 heavy (non-hydrogen) atoms. The Kier molecular flexibility index (Phi) is 4.21. The molecule has 0 unspecified atom stereocenters. The number of nitrogens with one attached hydrogen (secondary N) is 1. The van der Waals surface area contributed by atoms with Gasteiger partial charge in [-0.25, -0.2) is 0 Å². The zero-order valence-corrected chi connectivity index (χ0v) is 13.1. The summed E-state index contributed by atoms with van der Waals surface area (Å²) in [5, 5.41) is 2.42. The predicted octanol–water partition coefficient (Wildman–Crippen LogP) is 0.785. The van der Waals surface area contributed by atoms with Gasteiger partial charge >= 0.3 is 0 Å². The van der Waals surface area contributed by atoms with Gasteiger partial charge in [0.1, 0.15) is 5.54 Å². The minimum Gasteiger partial charge on any atom is -0.358 e. The third-order valence-corrected chi connectivity index (χ3v) is 4.53. The molecule has 2 aliphatic heterocycles. The lowest BCUT2D eigenvalue weighted by atomic mass is 9.63. The molecule has 3 fully saturated rings. The number of rotatable bonds is 6. The molecule has 0 aromatic rings. The molecule has 0 radical (unpaired) electrons. The van der Waals surface area contributed by atoms with E-state index >= 15 is 0 Å². The van der Waals surface area contributed by atoms with Crippen molar-refractivity contribution in [1.82, 2.24) is 15.1 Å². The maximum atomic E-state index is 12.3. The molecule has 3 rings (SSSR count). The van der Waals surface area contributed by atoms with Crippen LogP contribution in [-0.4, -0.2) is 47.7 Å². The van der Waals surface area contributed by atoms with Crippen LogP contribution in [0.4, 0.5) is 0 Å². The Morgan fingerprint density at radius 2 is 2.00 bits per heavy atom. The molecular formula is C16H21N3O3. The lowest BCUT2D eigenvalue weighted by molar-refractivity contribution is -0.159. The third kappa shape index (κ3) is 2.34. The maximum absolute atomic E-state index is 12.3. The number of fused-ring (bicyclic) bond motifs is 2. The van der Waals surface area contributed by atoms with Crippen LogP contribution in [0, 0.1) is 5.92 Å². The highest BCUT2D eigenvalue weighted by atomic mass is 16.2. The molecule has 2 bridgehead atoms. The van der Waals surface area contributed by atoms with Gasteiger partial charge in [0.25, 0.3) is 5.91 Å². The van der Waals surface area contributed by atoms with E-state index in [0.29, 0.717) is 30.6 Å². The fourth-order valence-corrected chi connectivity index (χ4v) is 2.95. The monoisotopic (exact) mass is 303 g/mol. The van der Waals surface area contributed by atoms with Gasteiger partial charge in [-0.15, -0.1) is 0 Å². The summed E-state index contributed by atoms with van der Waals surface area (Å²) in [6, 6.07) is 0. The van der Waals surface area contributed by atoms with Gasteiger partial charge < -0.3 is 9.80 Å². The number of allylic oxidation sites excluding steroid dienone is 3. The van der Waals surface area contributed by atoms with Crippen LogP contribution in [0.2, 0.25) is 0 Å². The zero-order chi connectivity index (χ0) is 16.5. The Hall–Kier alpha value is -2.37. The molecular weight excluding hydrogens is 282 g/mol. The summed E-state index contributed by atoms with van der Waals surface area (Å²) in [4.78, 5) is 38.1. The van der Waals surface area contributed by atoms with Gasteiger partial charge in [0, 0.05) is 20.0 Å². The van der Waals surface area contributed by atoms with Crippen LogP contribution in [0.25, 0.3) is 0 Å². The van der Waals surface area contributed by atoms with E-state index < -0.39 is 5.54 Å². The molecule has 0 aromatic carbocycles. The van der Waals surface area contributed by atoms with Crippen molar-refractivity contribution >= 4 is 18.2 Å². The van der Waals surface area contributed by atoms with Gasteiger partial charge in [-0.3, -0.25) is 19.7 Å². The Labute approximate surface area is 130 Å². The van der Waals surface area contributed by atoms with E-state index in [4.69, 9.17) is 0 Å². The van der Waals surface area contributed by atoms with Crippen molar-refractivity contribution in [3.63, 3.8) is 0 Å². The number of likely N-dealkylation sites (N-methyl/N-ethyl adjacent to an activating group) is 2. The number of carbonyl (C=O) groups excluding carboxylic acids is 3. The Morgan fingerprint density at radius 1 is 1.36 bits per heavy atom. The van der Waals surface area contributed by atoms with E-state index in [-0.39, 0.29) is 17.7 Å². The number of carbonyl (C=O) groups is 3. The van der Waals surface area contributed by atoms with Crippen LogP contribution < -0.4 is 5.32 Å². The Morgan fingerprint density at radius 3 is 2.50 bits per heavy atom. The fraction of sp³-hybridized carbons (Fsp3) is 0.438. The van der Waals surface area contributed by atoms with Crippen molar-refractivity contribution in [1.29, 1.82) is 0 Å². The van der Waals surface area contributed by atoms with Crippen LogP contribution in [0.5, 0.6) is 0 Å². The summed E-state index contributed by atoms with van der Waals surface area (Å²) in [5.74, 6) is -0.585. The second-order valence-electron chi connectivity index (χ2n) is 5.75. The van der Waals surface area contributed by atoms with Crippen LogP contribution >= 0.6 is 0 Å².